The van der Waals surface area contributed by atoms with Gasteiger partial charge in [-0.15, -0.1) is 0 Å². The third-order valence-electron chi connectivity index (χ3n) is 4.19. The second-order valence-electron chi connectivity index (χ2n) is 6.01. The van der Waals surface area contributed by atoms with Gasteiger partial charge in [0.25, 0.3) is 0 Å². The van der Waals surface area contributed by atoms with Crippen molar-refractivity contribution in [1.29, 1.82) is 0 Å². The van der Waals surface area contributed by atoms with Crippen molar-refractivity contribution in [3.8, 4) is 22.3 Å². The van der Waals surface area contributed by atoms with Crippen LogP contribution in [-0.2, 0) is 10.0 Å². The summed E-state index contributed by atoms with van der Waals surface area (Å²) in [5.41, 5.74) is -2.33. The Bertz CT molecular complexity index is 1210. The molecule has 0 amide bonds. The molecule has 0 atom stereocenters. The van der Waals surface area contributed by atoms with Crippen molar-refractivity contribution < 1.29 is 30.4 Å². The molecule has 0 saturated carbocycles. The van der Waals surface area contributed by atoms with Crippen LogP contribution >= 0.6 is 0 Å². The van der Waals surface area contributed by atoms with Crippen molar-refractivity contribution in [3.05, 3.63) is 77.1 Å². The zero-order chi connectivity index (χ0) is 20.8. The van der Waals surface area contributed by atoms with Crippen LogP contribution in [0, 0.1) is 36.0 Å². The number of primary sulfonamides is 1. The van der Waals surface area contributed by atoms with Gasteiger partial charge in [0.15, 0.2) is 23.3 Å². The van der Waals surface area contributed by atoms with E-state index in [-0.39, 0.29) is 11.1 Å². The van der Waals surface area contributed by atoms with Crippen LogP contribution < -0.4 is 5.14 Å². The highest BCUT2D eigenvalue weighted by molar-refractivity contribution is 7.89. The summed E-state index contributed by atoms with van der Waals surface area (Å²) in [6, 6.07) is 7.83. The topological polar surface area (TPSA) is 60.2 Å². The third kappa shape index (κ3) is 3.27. The molecule has 3 rings (SSSR count). The van der Waals surface area contributed by atoms with Crippen LogP contribution in [0.4, 0.5) is 22.0 Å². The fourth-order valence-corrected chi connectivity index (χ4v) is 3.57. The molecule has 146 valence electrons. The summed E-state index contributed by atoms with van der Waals surface area (Å²) >= 11 is 0. The highest BCUT2D eigenvalue weighted by atomic mass is 32.2. The molecule has 2 N–H and O–H groups in total. The number of benzene rings is 3. The molecule has 0 bridgehead atoms. The van der Waals surface area contributed by atoms with E-state index in [0.717, 1.165) is 18.2 Å². The zero-order valence-corrected chi connectivity index (χ0v) is 15.0. The summed E-state index contributed by atoms with van der Waals surface area (Å²) in [4.78, 5) is -0.631. The van der Waals surface area contributed by atoms with Gasteiger partial charge in [0, 0.05) is 16.7 Å². The number of hydrogen-bond donors (Lipinski definition) is 1. The second-order valence-corrected chi connectivity index (χ2v) is 7.54. The molecule has 3 aromatic rings. The number of sulfonamides is 1. The molecule has 0 spiro atoms. The van der Waals surface area contributed by atoms with Crippen LogP contribution in [0.25, 0.3) is 22.3 Å². The van der Waals surface area contributed by atoms with Crippen molar-refractivity contribution in [2.24, 2.45) is 5.14 Å². The lowest BCUT2D eigenvalue weighted by Gasteiger charge is -2.16. The lowest BCUT2D eigenvalue weighted by Crippen LogP contribution is -2.14. The van der Waals surface area contributed by atoms with Crippen LogP contribution in [0.1, 0.15) is 5.56 Å². The van der Waals surface area contributed by atoms with Crippen molar-refractivity contribution in [3.63, 3.8) is 0 Å². The van der Waals surface area contributed by atoms with Crippen molar-refractivity contribution in [1.82, 2.24) is 0 Å². The van der Waals surface area contributed by atoms with Crippen LogP contribution in [0.2, 0.25) is 0 Å². The Balaban J connectivity index is 2.52. The Hall–Kier alpha value is -2.78. The SMILES string of the molecule is Cc1ccc(-c2c(F)c(F)c(F)c(F)c2-c2ccccc2S(N)(=O)=O)cc1F. The van der Waals surface area contributed by atoms with Gasteiger partial charge in [-0.2, -0.15) is 0 Å². The third-order valence-corrected chi connectivity index (χ3v) is 5.16. The highest BCUT2D eigenvalue weighted by Gasteiger charge is 2.30. The minimum absolute atomic E-state index is 0.179. The molecule has 3 nitrogen and oxygen atoms in total. The lowest BCUT2D eigenvalue weighted by molar-refractivity contribution is 0.412. The molecule has 3 aromatic carbocycles. The van der Waals surface area contributed by atoms with Crippen molar-refractivity contribution in [2.45, 2.75) is 11.8 Å². The predicted octanol–water partition coefficient (Wildman–Crippen LogP) is 4.67. The number of nitrogens with two attached hydrogens (primary N) is 1. The minimum Gasteiger partial charge on any atom is -0.225 e. The van der Waals surface area contributed by atoms with Gasteiger partial charge in [0.1, 0.15) is 5.82 Å². The Kier molecular flexibility index (Phi) is 4.99. The van der Waals surface area contributed by atoms with Gasteiger partial charge in [0.2, 0.25) is 10.0 Å². The van der Waals surface area contributed by atoms with Crippen LogP contribution in [0.5, 0.6) is 0 Å². The van der Waals surface area contributed by atoms with Crippen LogP contribution in [-0.4, -0.2) is 8.42 Å². The molecule has 0 aliphatic rings. The summed E-state index contributed by atoms with van der Waals surface area (Å²) in [5, 5.41) is 5.11. The number of hydrogen-bond acceptors (Lipinski definition) is 2. The van der Waals surface area contributed by atoms with Crippen LogP contribution in [0.3, 0.4) is 0 Å². The Labute approximate surface area is 157 Å². The lowest BCUT2D eigenvalue weighted by atomic mass is 9.92. The Morgan fingerprint density at radius 1 is 0.786 bits per heavy atom. The van der Waals surface area contributed by atoms with Gasteiger partial charge in [-0.1, -0.05) is 30.3 Å². The van der Waals surface area contributed by atoms with Gasteiger partial charge in [-0.3, -0.25) is 0 Å². The molecular weight excluding hydrogens is 401 g/mol. The summed E-state index contributed by atoms with van der Waals surface area (Å²) in [7, 11) is -4.43. The first-order chi connectivity index (χ1) is 13.0. The molecule has 0 radical (unpaired) electrons. The van der Waals surface area contributed by atoms with Gasteiger partial charge in [0.05, 0.1) is 4.90 Å². The number of rotatable bonds is 3. The molecule has 0 saturated heterocycles. The maximum absolute atomic E-state index is 14.7. The van der Waals surface area contributed by atoms with E-state index in [4.69, 9.17) is 5.14 Å². The van der Waals surface area contributed by atoms with E-state index >= 15 is 0 Å². The van der Waals surface area contributed by atoms with E-state index < -0.39 is 60.7 Å². The molecule has 28 heavy (non-hydrogen) atoms. The average molecular weight is 413 g/mol. The van der Waals surface area contributed by atoms with Gasteiger partial charge in [-0.05, 0) is 30.2 Å². The van der Waals surface area contributed by atoms with E-state index in [1.165, 1.54) is 31.2 Å². The van der Waals surface area contributed by atoms with Crippen LogP contribution in [0.15, 0.2) is 47.4 Å². The molecule has 0 unspecified atom stereocenters. The quantitative estimate of drug-likeness (QED) is 0.385. The molecule has 0 heterocycles. The van der Waals surface area contributed by atoms with Gasteiger partial charge in [-0.25, -0.2) is 35.5 Å². The van der Waals surface area contributed by atoms with Crippen molar-refractivity contribution in [2.75, 3.05) is 0 Å². The molecule has 9 heteroatoms. The first kappa shape index (κ1) is 20.0. The average Bonchev–Trinajstić information content (AvgIpc) is 2.64. The molecular formula is C19H12F5NO2S. The maximum Gasteiger partial charge on any atom is 0.238 e. The molecule has 0 aliphatic carbocycles. The first-order valence-electron chi connectivity index (χ1n) is 7.78. The van der Waals surface area contributed by atoms with E-state index in [1.54, 1.807) is 0 Å². The standard InChI is InChI=1S/C19H12F5NO2S/c1-9-6-7-10(8-12(9)20)14-15(17(22)19(24)18(23)16(14)21)11-4-2-3-5-13(11)28(25,26)27/h2-8H,1H3,(H2,25,26,27). The molecule has 0 aliphatic heterocycles. The fourth-order valence-electron chi connectivity index (χ4n) is 2.83. The Morgan fingerprint density at radius 3 is 1.93 bits per heavy atom. The van der Waals surface area contributed by atoms with Crippen molar-refractivity contribution >= 4 is 10.0 Å². The summed E-state index contributed by atoms with van der Waals surface area (Å²) in [6.07, 6.45) is 0. The van der Waals surface area contributed by atoms with E-state index in [1.807, 2.05) is 0 Å². The zero-order valence-electron chi connectivity index (χ0n) is 14.2. The Morgan fingerprint density at radius 2 is 1.36 bits per heavy atom. The largest absolute Gasteiger partial charge is 0.238 e. The second kappa shape index (κ2) is 6.99. The minimum atomic E-state index is -4.43. The number of halogens is 5. The number of aryl methyl sites for hydroxylation is 1. The smallest absolute Gasteiger partial charge is 0.225 e. The maximum atomic E-state index is 14.7. The predicted molar refractivity (Wildman–Crippen MR) is 93.2 cm³/mol. The summed E-state index contributed by atoms with van der Waals surface area (Å²) in [6.45, 7) is 1.42. The summed E-state index contributed by atoms with van der Waals surface area (Å²) in [5.74, 6) is -8.65. The molecule has 0 aromatic heterocycles. The highest BCUT2D eigenvalue weighted by Crippen LogP contribution is 2.41. The summed E-state index contributed by atoms with van der Waals surface area (Å²) < 4.78 is 94.9. The van der Waals surface area contributed by atoms with E-state index in [9.17, 15) is 30.4 Å². The van der Waals surface area contributed by atoms with E-state index in [0.29, 0.717) is 0 Å². The van der Waals surface area contributed by atoms with Gasteiger partial charge >= 0.3 is 0 Å². The van der Waals surface area contributed by atoms with Gasteiger partial charge < -0.3 is 0 Å². The molecule has 0 fully saturated rings. The fraction of sp³-hybridized carbons (Fsp3) is 0.0526. The monoisotopic (exact) mass is 413 g/mol. The van der Waals surface area contributed by atoms with E-state index in [2.05, 4.69) is 0 Å². The first-order valence-corrected chi connectivity index (χ1v) is 9.33. The normalized spacial score (nSPS) is 11.7.